The standard InChI is InChI=1S/C12H8FN/c1-8-10-4-2-3-5-11(10)9(7-14)6-12(8)13/h2-6H,1H3. The highest BCUT2D eigenvalue weighted by Crippen LogP contribution is 2.24. The maximum absolute atomic E-state index is 13.3. The van der Waals surface area contributed by atoms with Gasteiger partial charge in [-0.15, -0.1) is 0 Å². The Morgan fingerprint density at radius 3 is 2.50 bits per heavy atom. The van der Waals surface area contributed by atoms with Gasteiger partial charge in [0.15, 0.2) is 0 Å². The van der Waals surface area contributed by atoms with Crippen molar-refractivity contribution >= 4 is 10.8 Å². The van der Waals surface area contributed by atoms with Gasteiger partial charge >= 0.3 is 0 Å². The van der Waals surface area contributed by atoms with Crippen molar-refractivity contribution in [2.24, 2.45) is 0 Å². The summed E-state index contributed by atoms with van der Waals surface area (Å²) in [4.78, 5) is 0. The zero-order chi connectivity index (χ0) is 10.1. The number of hydrogen-bond donors (Lipinski definition) is 0. The van der Waals surface area contributed by atoms with Crippen LogP contribution in [0.25, 0.3) is 10.8 Å². The third-order valence-electron chi connectivity index (χ3n) is 2.37. The van der Waals surface area contributed by atoms with Crippen LogP contribution in [0.15, 0.2) is 30.3 Å². The molecule has 0 atom stereocenters. The van der Waals surface area contributed by atoms with Crippen molar-refractivity contribution < 1.29 is 4.39 Å². The predicted octanol–water partition coefficient (Wildman–Crippen LogP) is 3.16. The third-order valence-corrected chi connectivity index (χ3v) is 2.37. The fraction of sp³-hybridized carbons (Fsp3) is 0.0833. The summed E-state index contributed by atoms with van der Waals surface area (Å²) >= 11 is 0. The van der Waals surface area contributed by atoms with E-state index >= 15 is 0 Å². The van der Waals surface area contributed by atoms with E-state index in [-0.39, 0.29) is 5.82 Å². The maximum Gasteiger partial charge on any atom is 0.128 e. The molecule has 0 aliphatic carbocycles. The molecule has 0 aliphatic heterocycles. The highest BCUT2D eigenvalue weighted by atomic mass is 19.1. The van der Waals surface area contributed by atoms with Crippen LogP contribution in [0.5, 0.6) is 0 Å². The lowest BCUT2D eigenvalue weighted by Crippen LogP contribution is -1.88. The number of hydrogen-bond acceptors (Lipinski definition) is 1. The van der Waals surface area contributed by atoms with Gasteiger partial charge in [0, 0.05) is 0 Å². The molecule has 0 spiro atoms. The molecule has 0 bridgehead atoms. The molecular weight excluding hydrogens is 177 g/mol. The van der Waals surface area contributed by atoms with E-state index in [9.17, 15) is 4.39 Å². The molecule has 14 heavy (non-hydrogen) atoms. The second kappa shape index (κ2) is 3.12. The molecule has 68 valence electrons. The van der Waals surface area contributed by atoms with Gasteiger partial charge in [0.1, 0.15) is 5.82 Å². The van der Waals surface area contributed by atoms with Gasteiger partial charge in [0.2, 0.25) is 0 Å². The summed E-state index contributed by atoms with van der Waals surface area (Å²) in [6.07, 6.45) is 0. The lowest BCUT2D eigenvalue weighted by atomic mass is 10.0. The fourth-order valence-electron chi connectivity index (χ4n) is 1.58. The fourth-order valence-corrected chi connectivity index (χ4v) is 1.58. The third kappa shape index (κ3) is 1.14. The second-order valence-corrected chi connectivity index (χ2v) is 3.19. The Bertz CT molecular complexity index is 538. The summed E-state index contributed by atoms with van der Waals surface area (Å²) in [5.41, 5.74) is 0.989. The molecule has 0 N–H and O–H groups in total. The first-order valence-electron chi connectivity index (χ1n) is 4.32. The van der Waals surface area contributed by atoms with Gasteiger partial charge in [0.05, 0.1) is 11.6 Å². The van der Waals surface area contributed by atoms with Gasteiger partial charge in [-0.25, -0.2) is 4.39 Å². The Balaban J connectivity index is 2.99. The summed E-state index contributed by atoms with van der Waals surface area (Å²) in [5, 5.41) is 10.5. The molecule has 1 nitrogen and oxygen atoms in total. The number of nitrogens with zero attached hydrogens (tertiary/aromatic N) is 1. The molecule has 0 aromatic heterocycles. The van der Waals surface area contributed by atoms with Crippen LogP contribution in [-0.4, -0.2) is 0 Å². The minimum atomic E-state index is -0.319. The Kier molecular flexibility index (Phi) is 1.94. The van der Waals surface area contributed by atoms with Crippen molar-refractivity contribution in [1.82, 2.24) is 0 Å². The molecule has 0 unspecified atom stereocenters. The molecule has 0 saturated heterocycles. The molecule has 2 aromatic carbocycles. The molecular formula is C12H8FN. The summed E-state index contributed by atoms with van der Waals surface area (Å²) in [7, 11) is 0. The minimum absolute atomic E-state index is 0.319. The first kappa shape index (κ1) is 8.71. The largest absolute Gasteiger partial charge is 0.207 e. The molecule has 0 radical (unpaired) electrons. The smallest absolute Gasteiger partial charge is 0.128 e. The van der Waals surface area contributed by atoms with Crippen LogP contribution in [0, 0.1) is 24.1 Å². The summed E-state index contributed by atoms with van der Waals surface area (Å²) in [5.74, 6) is -0.319. The van der Waals surface area contributed by atoms with E-state index in [1.165, 1.54) is 6.07 Å². The zero-order valence-corrected chi connectivity index (χ0v) is 7.71. The number of fused-ring (bicyclic) bond motifs is 1. The Hall–Kier alpha value is -1.88. The average molecular weight is 185 g/mol. The van der Waals surface area contributed by atoms with E-state index in [4.69, 9.17) is 5.26 Å². The van der Waals surface area contributed by atoms with Crippen LogP contribution in [0.2, 0.25) is 0 Å². The van der Waals surface area contributed by atoms with Gasteiger partial charge in [0.25, 0.3) is 0 Å². The van der Waals surface area contributed by atoms with Gasteiger partial charge in [-0.1, -0.05) is 24.3 Å². The first-order chi connectivity index (χ1) is 6.74. The SMILES string of the molecule is Cc1c(F)cc(C#N)c2ccccc12. The van der Waals surface area contributed by atoms with E-state index in [2.05, 4.69) is 0 Å². The van der Waals surface area contributed by atoms with Crippen molar-refractivity contribution in [3.63, 3.8) is 0 Å². The number of nitriles is 1. The Morgan fingerprint density at radius 1 is 1.21 bits per heavy atom. The molecule has 2 aromatic rings. The second-order valence-electron chi connectivity index (χ2n) is 3.19. The molecule has 0 amide bonds. The predicted molar refractivity (Wildman–Crippen MR) is 53.4 cm³/mol. The van der Waals surface area contributed by atoms with Gasteiger partial charge in [-0.05, 0) is 29.3 Å². The van der Waals surface area contributed by atoms with E-state index in [0.717, 1.165) is 10.8 Å². The molecule has 0 fully saturated rings. The lowest BCUT2D eigenvalue weighted by molar-refractivity contribution is 0.620. The molecule has 0 aliphatic rings. The van der Waals surface area contributed by atoms with E-state index in [1.54, 1.807) is 6.92 Å². The van der Waals surface area contributed by atoms with Gasteiger partial charge in [-0.3, -0.25) is 0 Å². The number of rotatable bonds is 0. The van der Waals surface area contributed by atoms with E-state index in [0.29, 0.717) is 11.1 Å². The molecule has 2 rings (SSSR count). The van der Waals surface area contributed by atoms with Crippen LogP contribution in [0.4, 0.5) is 4.39 Å². The number of halogens is 1. The van der Waals surface area contributed by atoms with E-state index in [1.807, 2.05) is 30.3 Å². The molecule has 0 heterocycles. The van der Waals surface area contributed by atoms with E-state index < -0.39 is 0 Å². The van der Waals surface area contributed by atoms with Crippen molar-refractivity contribution in [2.75, 3.05) is 0 Å². The minimum Gasteiger partial charge on any atom is -0.207 e. The van der Waals surface area contributed by atoms with Crippen molar-refractivity contribution in [1.29, 1.82) is 5.26 Å². The number of aryl methyl sites for hydroxylation is 1. The first-order valence-corrected chi connectivity index (χ1v) is 4.32. The summed E-state index contributed by atoms with van der Waals surface area (Å²) in [6.45, 7) is 1.72. The number of benzene rings is 2. The van der Waals surface area contributed by atoms with Gasteiger partial charge in [-0.2, -0.15) is 5.26 Å². The van der Waals surface area contributed by atoms with Crippen LogP contribution in [0.3, 0.4) is 0 Å². The highest BCUT2D eigenvalue weighted by molar-refractivity contribution is 5.90. The maximum atomic E-state index is 13.3. The highest BCUT2D eigenvalue weighted by Gasteiger charge is 2.07. The Labute approximate surface area is 81.4 Å². The summed E-state index contributed by atoms with van der Waals surface area (Å²) in [6, 6.07) is 10.6. The Morgan fingerprint density at radius 2 is 1.86 bits per heavy atom. The zero-order valence-electron chi connectivity index (χ0n) is 7.71. The van der Waals surface area contributed by atoms with Crippen LogP contribution in [0.1, 0.15) is 11.1 Å². The summed E-state index contributed by atoms with van der Waals surface area (Å²) < 4.78 is 13.3. The van der Waals surface area contributed by atoms with Crippen LogP contribution in [-0.2, 0) is 0 Å². The van der Waals surface area contributed by atoms with Crippen molar-refractivity contribution in [3.8, 4) is 6.07 Å². The monoisotopic (exact) mass is 185 g/mol. The average Bonchev–Trinajstić information content (AvgIpc) is 2.23. The molecule has 0 saturated carbocycles. The topological polar surface area (TPSA) is 23.8 Å². The quantitative estimate of drug-likeness (QED) is 0.618. The lowest BCUT2D eigenvalue weighted by Gasteiger charge is -2.04. The van der Waals surface area contributed by atoms with Gasteiger partial charge < -0.3 is 0 Å². The van der Waals surface area contributed by atoms with Crippen LogP contribution >= 0.6 is 0 Å². The normalized spacial score (nSPS) is 10.1. The van der Waals surface area contributed by atoms with Crippen molar-refractivity contribution in [3.05, 3.63) is 47.3 Å². The molecule has 2 heteroatoms. The van der Waals surface area contributed by atoms with Crippen LogP contribution < -0.4 is 0 Å². The van der Waals surface area contributed by atoms with Crippen molar-refractivity contribution in [2.45, 2.75) is 6.92 Å².